The van der Waals surface area contributed by atoms with Crippen LogP contribution >= 0.6 is 0 Å². The first-order valence-corrected chi connectivity index (χ1v) is 6.90. The Morgan fingerprint density at radius 3 is 2.30 bits per heavy atom. The van der Waals surface area contributed by atoms with E-state index in [1.165, 1.54) is 6.08 Å². The molecule has 1 atom stereocenters. The van der Waals surface area contributed by atoms with Crippen LogP contribution in [-0.4, -0.2) is 29.9 Å². The molecule has 0 aliphatic heterocycles. The number of carbonyl (C=O) groups is 2. The normalized spacial score (nSPS) is 12.5. The molecular formula is C15H26O5. The van der Waals surface area contributed by atoms with Crippen molar-refractivity contribution < 1.29 is 24.2 Å². The van der Waals surface area contributed by atoms with Crippen molar-refractivity contribution in [2.45, 2.75) is 60.2 Å². The Morgan fingerprint density at radius 2 is 1.85 bits per heavy atom. The standard InChI is InChI=1S/C15H26O5/c1-6-7-8-13(19-12(17)9-11(2)3)20-14(18)15(4,5)10-16/h9,13,16H,6-8,10H2,1-5H3. The van der Waals surface area contributed by atoms with Gasteiger partial charge in [-0.1, -0.05) is 18.9 Å². The Kier molecular flexibility index (Phi) is 8.15. The Bertz CT molecular complexity index is 353. The van der Waals surface area contributed by atoms with Gasteiger partial charge in [-0.15, -0.1) is 0 Å². The van der Waals surface area contributed by atoms with E-state index in [-0.39, 0.29) is 6.61 Å². The van der Waals surface area contributed by atoms with Gasteiger partial charge in [-0.3, -0.25) is 4.79 Å². The maximum atomic E-state index is 11.9. The fraction of sp³-hybridized carbons (Fsp3) is 0.733. The summed E-state index contributed by atoms with van der Waals surface area (Å²) in [4.78, 5) is 23.5. The molecular weight excluding hydrogens is 260 g/mol. The van der Waals surface area contributed by atoms with Crippen LogP contribution in [0.15, 0.2) is 11.6 Å². The highest BCUT2D eigenvalue weighted by Gasteiger charge is 2.31. The molecule has 0 aliphatic rings. The van der Waals surface area contributed by atoms with Gasteiger partial charge in [-0.05, 0) is 34.1 Å². The van der Waals surface area contributed by atoms with Crippen molar-refractivity contribution in [3.8, 4) is 0 Å². The highest BCUT2D eigenvalue weighted by molar-refractivity contribution is 5.83. The summed E-state index contributed by atoms with van der Waals surface area (Å²) in [5.74, 6) is -1.10. The van der Waals surface area contributed by atoms with E-state index in [0.29, 0.717) is 6.42 Å². The Hall–Kier alpha value is -1.36. The van der Waals surface area contributed by atoms with Crippen molar-refractivity contribution in [2.24, 2.45) is 5.41 Å². The number of rotatable bonds is 8. The van der Waals surface area contributed by atoms with Gasteiger partial charge in [0.25, 0.3) is 0 Å². The van der Waals surface area contributed by atoms with E-state index in [1.807, 2.05) is 6.92 Å². The van der Waals surface area contributed by atoms with E-state index in [2.05, 4.69) is 0 Å². The highest BCUT2D eigenvalue weighted by Crippen LogP contribution is 2.19. The molecule has 116 valence electrons. The van der Waals surface area contributed by atoms with E-state index < -0.39 is 23.6 Å². The molecule has 0 heterocycles. The molecule has 0 saturated carbocycles. The van der Waals surface area contributed by atoms with Crippen molar-refractivity contribution in [1.29, 1.82) is 0 Å². The number of hydrogen-bond acceptors (Lipinski definition) is 5. The van der Waals surface area contributed by atoms with Crippen LogP contribution in [0.25, 0.3) is 0 Å². The summed E-state index contributed by atoms with van der Waals surface area (Å²) >= 11 is 0. The molecule has 0 rings (SSSR count). The molecule has 1 N–H and O–H groups in total. The lowest BCUT2D eigenvalue weighted by Gasteiger charge is -2.24. The number of aliphatic hydroxyl groups is 1. The second-order valence-electron chi connectivity index (χ2n) is 5.68. The zero-order valence-electron chi connectivity index (χ0n) is 13.1. The van der Waals surface area contributed by atoms with E-state index in [9.17, 15) is 9.59 Å². The molecule has 20 heavy (non-hydrogen) atoms. The summed E-state index contributed by atoms with van der Waals surface area (Å²) < 4.78 is 10.3. The minimum absolute atomic E-state index is 0.325. The summed E-state index contributed by atoms with van der Waals surface area (Å²) in [6, 6.07) is 0. The number of esters is 2. The van der Waals surface area contributed by atoms with Crippen molar-refractivity contribution >= 4 is 11.9 Å². The summed E-state index contributed by atoms with van der Waals surface area (Å²) in [6.07, 6.45) is 2.57. The third-order valence-corrected chi connectivity index (χ3v) is 2.63. The summed E-state index contributed by atoms with van der Waals surface area (Å²) in [5, 5.41) is 9.14. The van der Waals surface area contributed by atoms with Crippen LogP contribution in [0, 0.1) is 5.41 Å². The van der Waals surface area contributed by atoms with Gasteiger partial charge in [-0.25, -0.2) is 4.79 Å². The quantitative estimate of drug-likeness (QED) is 0.422. The topological polar surface area (TPSA) is 72.8 Å². The molecule has 0 saturated heterocycles. The Morgan fingerprint density at radius 1 is 1.25 bits per heavy atom. The molecule has 5 nitrogen and oxygen atoms in total. The predicted octanol–water partition coefficient (Wildman–Crippen LogP) is 2.57. The molecule has 0 aromatic rings. The van der Waals surface area contributed by atoms with E-state index in [4.69, 9.17) is 14.6 Å². The Labute approximate surface area is 121 Å². The lowest BCUT2D eigenvalue weighted by atomic mass is 9.95. The number of unbranched alkanes of at least 4 members (excludes halogenated alkanes) is 1. The average molecular weight is 286 g/mol. The average Bonchev–Trinajstić information content (AvgIpc) is 2.34. The molecule has 0 aromatic heterocycles. The second-order valence-corrected chi connectivity index (χ2v) is 5.68. The number of allylic oxidation sites excluding steroid dienone is 1. The second kappa shape index (κ2) is 8.74. The number of aliphatic hydroxyl groups excluding tert-OH is 1. The number of hydrogen-bond donors (Lipinski definition) is 1. The highest BCUT2D eigenvalue weighted by atomic mass is 16.7. The number of ether oxygens (including phenoxy) is 2. The van der Waals surface area contributed by atoms with Crippen molar-refractivity contribution in [2.75, 3.05) is 6.61 Å². The fourth-order valence-corrected chi connectivity index (χ4v) is 1.26. The molecule has 1 unspecified atom stereocenters. The van der Waals surface area contributed by atoms with Crippen LogP contribution in [0.5, 0.6) is 0 Å². The summed E-state index contributed by atoms with van der Waals surface area (Å²) in [6.45, 7) is 8.38. The van der Waals surface area contributed by atoms with Gasteiger partial charge in [0.05, 0.1) is 12.0 Å². The first-order valence-electron chi connectivity index (χ1n) is 6.90. The molecule has 0 amide bonds. The maximum absolute atomic E-state index is 11.9. The smallest absolute Gasteiger partial charge is 0.333 e. The van der Waals surface area contributed by atoms with Gasteiger partial charge in [0.1, 0.15) is 0 Å². The minimum Gasteiger partial charge on any atom is -0.425 e. The van der Waals surface area contributed by atoms with Crippen LogP contribution in [0.3, 0.4) is 0 Å². The molecule has 0 aliphatic carbocycles. The summed E-state index contributed by atoms with van der Waals surface area (Å²) in [7, 11) is 0. The molecule has 0 fully saturated rings. The van der Waals surface area contributed by atoms with Gasteiger partial charge >= 0.3 is 11.9 Å². The van der Waals surface area contributed by atoms with Crippen LogP contribution in [-0.2, 0) is 19.1 Å². The predicted molar refractivity (Wildman–Crippen MR) is 75.8 cm³/mol. The first-order chi connectivity index (χ1) is 9.22. The molecule has 0 spiro atoms. The van der Waals surface area contributed by atoms with Crippen molar-refractivity contribution in [3.05, 3.63) is 11.6 Å². The molecule has 0 aromatic carbocycles. The van der Waals surface area contributed by atoms with Gasteiger partial charge in [0.2, 0.25) is 6.29 Å². The molecule has 0 bridgehead atoms. The SMILES string of the molecule is CCCCC(OC(=O)C=C(C)C)OC(=O)C(C)(C)CO. The lowest BCUT2D eigenvalue weighted by molar-refractivity contribution is -0.194. The first kappa shape index (κ1) is 18.6. The lowest BCUT2D eigenvalue weighted by Crippen LogP contribution is -2.35. The van der Waals surface area contributed by atoms with Crippen molar-refractivity contribution in [1.82, 2.24) is 0 Å². The largest absolute Gasteiger partial charge is 0.425 e. The van der Waals surface area contributed by atoms with Gasteiger partial charge in [-0.2, -0.15) is 0 Å². The van der Waals surface area contributed by atoms with Crippen molar-refractivity contribution in [3.63, 3.8) is 0 Å². The molecule has 5 heteroatoms. The van der Waals surface area contributed by atoms with Gasteiger partial charge in [0, 0.05) is 12.5 Å². The summed E-state index contributed by atoms with van der Waals surface area (Å²) in [5.41, 5.74) is -0.195. The monoisotopic (exact) mass is 286 g/mol. The van der Waals surface area contributed by atoms with E-state index in [0.717, 1.165) is 18.4 Å². The molecule has 0 radical (unpaired) electrons. The van der Waals surface area contributed by atoms with Crippen LogP contribution in [0.4, 0.5) is 0 Å². The fourth-order valence-electron chi connectivity index (χ4n) is 1.26. The third kappa shape index (κ3) is 7.28. The van der Waals surface area contributed by atoms with Gasteiger partial charge < -0.3 is 14.6 Å². The van der Waals surface area contributed by atoms with Gasteiger partial charge in [0.15, 0.2) is 0 Å². The number of carbonyl (C=O) groups excluding carboxylic acids is 2. The minimum atomic E-state index is -1.01. The van der Waals surface area contributed by atoms with E-state index >= 15 is 0 Å². The Balaban J connectivity index is 4.68. The maximum Gasteiger partial charge on any atom is 0.333 e. The van der Waals surface area contributed by atoms with E-state index in [1.54, 1.807) is 27.7 Å². The third-order valence-electron chi connectivity index (χ3n) is 2.63. The van der Waals surface area contributed by atoms with Crippen LogP contribution in [0.1, 0.15) is 53.9 Å². The van der Waals surface area contributed by atoms with Crippen LogP contribution < -0.4 is 0 Å². The van der Waals surface area contributed by atoms with Crippen LogP contribution in [0.2, 0.25) is 0 Å². The zero-order valence-corrected chi connectivity index (χ0v) is 13.1. The zero-order chi connectivity index (χ0) is 15.8.